The molecule has 0 saturated carbocycles. The van der Waals surface area contributed by atoms with Gasteiger partial charge in [-0.1, -0.05) is 18.2 Å². The number of carbonyl (C=O) groups is 2. The van der Waals surface area contributed by atoms with E-state index < -0.39 is 30.5 Å². The highest BCUT2D eigenvalue weighted by molar-refractivity contribution is 5.97. The standard InChI is InChI=1S/C20H18F3N5O3/c21-20(22,23)12-26-11-14(9-17(26)29)18(30)24-15-5-3-4-13(8-15)10-28-19(31)27-7-2-1-6-16(27)25-28/h1-8,14H,9-12H2,(H,24,30). The zero-order chi connectivity index (χ0) is 22.2. The van der Waals surface area contributed by atoms with Gasteiger partial charge in [0.25, 0.3) is 0 Å². The highest BCUT2D eigenvalue weighted by Gasteiger charge is 2.40. The minimum Gasteiger partial charge on any atom is -0.333 e. The molecular weight excluding hydrogens is 415 g/mol. The molecule has 11 heteroatoms. The largest absolute Gasteiger partial charge is 0.406 e. The van der Waals surface area contributed by atoms with Crippen LogP contribution in [0.4, 0.5) is 18.9 Å². The number of rotatable bonds is 5. The van der Waals surface area contributed by atoms with E-state index in [2.05, 4.69) is 10.4 Å². The molecule has 1 fully saturated rings. The number of fused-ring (bicyclic) bond motifs is 1. The second kappa shape index (κ2) is 7.89. The lowest BCUT2D eigenvalue weighted by Gasteiger charge is -2.18. The van der Waals surface area contributed by atoms with Gasteiger partial charge < -0.3 is 10.2 Å². The highest BCUT2D eigenvalue weighted by atomic mass is 19.4. The molecule has 1 atom stereocenters. The van der Waals surface area contributed by atoms with Crippen LogP contribution >= 0.6 is 0 Å². The maximum absolute atomic E-state index is 12.6. The highest BCUT2D eigenvalue weighted by Crippen LogP contribution is 2.25. The minimum absolute atomic E-state index is 0.172. The molecule has 1 unspecified atom stereocenters. The molecule has 0 aliphatic carbocycles. The molecule has 0 bridgehead atoms. The van der Waals surface area contributed by atoms with E-state index >= 15 is 0 Å². The monoisotopic (exact) mass is 433 g/mol. The van der Waals surface area contributed by atoms with Crippen molar-refractivity contribution >= 4 is 23.1 Å². The van der Waals surface area contributed by atoms with E-state index in [-0.39, 0.29) is 25.2 Å². The van der Waals surface area contributed by atoms with E-state index in [1.165, 1.54) is 9.08 Å². The lowest BCUT2D eigenvalue weighted by Crippen LogP contribution is -2.36. The third kappa shape index (κ3) is 4.60. The van der Waals surface area contributed by atoms with Crippen LogP contribution in [0.1, 0.15) is 12.0 Å². The summed E-state index contributed by atoms with van der Waals surface area (Å²) in [5, 5.41) is 6.90. The van der Waals surface area contributed by atoms with E-state index in [0.717, 1.165) is 0 Å². The number of carbonyl (C=O) groups excluding carboxylic acids is 2. The molecule has 8 nitrogen and oxygen atoms in total. The Morgan fingerprint density at radius 2 is 1.97 bits per heavy atom. The first-order valence-electron chi connectivity index (χ1n) is 9.48. The number of aromatic nitrogens is 3. The molecular formula is C20H18F3N5O3. The summed E-state index contributed by atoms with van der Waals surface area (Å²) in [5.74, 6) is -2.09. The average molecular weight is 433 g/mol. The van der Waals surface area contributed by atoms with E-state index in [1.807, 2.05) is 0 Å². The number of pyridine rings is 1. The van der Waals surface area contributed by atoms with Crippen LogP contribution < -0.4 is 11.0 Å². The summed E-state index contributed by atoms with van der Waals surface area (Å²) in [6, 6.07) is 11.9. The fourth-order valence-corrected chi connectivity index (χ4v) is 3.55. The molecule has 31 heavy (non-hydrogen) atoms. The molecule has 0 spiro atoms. The molecule has 1 aliphatic rings. The SMILES string of the molecule is O=C(Nc1cccc(Cn2nc3ccccn3c2=O)c1)C1CC(=O)N(CC(F)(F)F)C1. The number of hydrogen-bond donors (Lipinski definition) is 1. The number of likely N-dealkylation sites (tertiary alicyclic amines) is 1. The molecule has 1 saturated heterocycles. The molecule has 2 aromatic heterocycles. The van der Waals surface area contributed by atoms with Crippen molar-refractivity contribution in [2.75, 3.05) is 18.4 Å². The predicted molar refractivity (Wildman–Crippen MR) is 104 cm³/mol. The number of nitrogens with one attached hydrogen (secondary N) is 1. The van der Waals surface area contributed by atoms with Gasteiger partial charge in [0.15, 0.2) is 5.65 Å². The summed E-state index contributed by atoms with van der Waals surface area (Å²) in [7, 11) is 0. The van der Waals surface area contributed by atoms with Crippen LogP contribution in [0.25, 0.3) is 5.65 Å². The second-order valence-corrected chi connectivity index (χ2v) is 7.35. The van der Waals surface area contributed by atoms with E-state index in [1.54, 1.807) is 48.7 Å². The second-order valence-electron chi connectivity index (χ2n) is 7.35. The maximum Gasteiger partial charge on any atom is 0.406 e. The molecule has 162 valence electrons. The number of alkyl halides is 3. The topological polar surface area (TPSA) is 88.7 Å². The van der Waals surface area contributed by atoms with E-state index in [9.17, 15) is 27.6 Å². The van der Waals surface area contributed by atoms with Gasteiger partial charge in [0.1, 0.15) is 6.54 Å². The predicted octanol–water partition coefficient (Wildman–Crippen LogP) is 1.89. The summed E-state index contributed by atoms with van der Waals surface area (Å²) in [5.41, 5.74) is 1.32. The molecule has 4 rings (SSSR count). The smallest absolute Gasteiger partial charge is 0.333 e. The van der Waals surface area contributed by atoms with Gasteiger partial charge >= 0.3 is 11.9 Å². The van der Waals surface area contributed by atoms with Crippen LogP contribution in [-0.4, -0.2) is 50.2 Å². The average Bonchev–Trinajstić information content (AvgIpc) is 3.21. The minimum atomic E-state index is -4.51. The summed E-state index contributed by atoms with van der Waals surface area (Å²) >= 11 is 0. The first kappa shape index (κ1) is 20.6. The lowest BCUT2D eigenvalue weighted by molar-refractivity contribution is -0.157. The van der Waals surface area contributed by atoms with Crippen molar-refractivity contribution in [3.8, 4) is 0 Å². The molecule has 1 aromatic carbocycles. The lowest BCUT2D eigenvalue weighted by atomic mass is 10.1. The summed E-state index contributed by atoms with van der Waals surface area (Å²) in [6.07, 6.45) is -3.16. The molecule has 3 aromatic rings. The van der Waals surface area contributed by atoms with Crippen molar-refractivity contribution in [1.29, 1.82) is 0 Å². The number of anilines is 1. The van der Waals surface area contributed by atoms with Gasteiger partial charge in [-0.15, -0.1) is 5.10 Å². The van der Waals surface area contributed by atoms with Gasteiger partial charge in [-0.25, -0.2) is 9.48 Å². The fourth-order valence-electron chi connectivity index (χ4n) is 3.55. The summed E-state index contributed by atoms with van der Waals surface area (Å²) < 4.78 is 40.4. The van der Waals surface area contributed by atoms with Crippen molar-refractivity contribution < 1.29 is 22.8 Å². The number of hydrogen-bond acceptors (Lipinski definition) is 4. The zero-order valence-electron chi connectivity index (χ0n) is 16.2. The van der Waals surface area contributed by atoms with Crippen LogP contribution in [-0.2, 0) is 16.1 Å². The fraction of sp³-hybridized carbons (Fsp3) is 0.300. The Labute approximate surface area is 173 Å². The van der Waals surface area contributed by atoms with Gasteiger partial charge in [-0.05, 0) is 29.8 Å². The number of halogens is 3. The van der Waals surface area contributed by atoms with Gasteiger partial charge in [0, 0.05) is 24.8 Å². The van der Waals surface area contributed by atoms with Crippen LogP contribution in [0.3, 0.4) is 0 Å². The molecule has 2 amide bonds. The number of nitrogens with zero attached hydrogens (tertiary/aromatic N) is 4. The number of amides is 2. The third-order valence-electron chi connectivity index (χ3n) is 4.97. The van der Waals surface area contributed by atoms with Crippen LogP contribution in [0.5, 0.6) is 0 Å². The Kier molecular flexibility index (Phi) is 5.25. The Hall–Kier alpha value is -3.63. The van der Waals surface area contributed by atoms with Gasteiger partial charge in [-0.2, -0.15) is 13.2 Å². The van der Waals surface area contributed by atoms with Crippen molar-refractivity contribution in [1.82, 2.24) is 19.1 Å². The molecule has 1 aliphatic heterocycles. The Bertz CT molecular complexity index is 1200. The molecule has 1 N–H and O–H groups in total. The van der Waals surface area contributed by atoms with Crippen LogP contribution in [0, 0.1) is 5.92 Å². The van der Waals surface area contributed by atoms with Gasteiger partial charge in [-0.3, -0.25) is 14.0 Å². The Morgan fingerprint density at radius 1 is 1.16 bits per heavy atom. The maximum atomic E-state index is 12.6. The van der Waals surface area contributed by atoms with Crippen LogP contribution in [0.2, 0.25) is 0 Å². The van der Waals surface area contributed by atoms with E-state index in [0.29, 0.717) is 21.8 Å². The quantitative estimate of drug-likeness (QED) is 0.666. The summed E-state index contributed by atoms with van der Waals surface area (Å²) in [6.45, 7) is -1.47. The van der Waals surface area contributed by atoms with Gasteiger partial charge in [0.05, 0.1) is 12.5 Å². The van der Waals surface area contributed by atoms with Crippen molar-refractivity contribution in [3.63, 3.8) is 0 Å². The van der Waals surface area contributed by atoms with Crippen molar-refractivity contribution in [2.24, 2.45) is 5.92 Å². The van der Waals surface area contributed by atoms with Gasteiger partial charge in [0.2, 0.25) is 11.8 Å². The first-order valence-corrected chi connectivity index (χ1v) is 9.48. The third-order valence-corrected chi connectivity index (χ3v) is 4.97. The Morgan fingerprint density at radius 3 is 2.71 bits per heavy atom. The number of benzene rings is 1. The van der Waals surface area contributed by atoms with Crippen molar-refractivity contribution in [3.05, 3.63) is 64.7 Å². The van der Waals surface area contributed by atoms with E-state index in [4.69, 9.17) is 0 Å². The first-order chi connectivity index (χ1) is 14.7. The molecule has 0 radical (unpaired) electrons. The Balaban J connectivity index is 1.44. The normalized spacial score (nSPS) is 16.8. The van der Waals surface area contributed by atoms with Crippen molar-refractivity contribution in [2.45, 2.75) is 19.1 Å². The van der Waals surface area contributed by atoms with Crippen LogP contribution in [0.15, 0.2) is 53.5 Å². The molecule has 3 heterocycles. The summed E-state index contributed by atoms with van der Waals surface area (Å²) in [4.78, 5) is 37.3. The zero-order valence-corrected chi connectivity index (χ0v) is 16.2.